The molecule has 1 heterocycles. The SMILES string of the molecule is Cc1[nH]nc(C=O)c1C. The van der Waals surface area contributed by atoms with Crippen molar-refractivity contribution >= 4 is 6.29 Å². The van der Waals surface area contributed by atoms with E-state index in [9.17, 15) is 4.79 Å². The highest BCUT2D eigenvalue weighted by molar-refractivity contribution is 5.74. The molecule has 0 saturated carbocycles. The molecule has 0 atom stereocenters. The van der Waals surface area contributed by atoms with Crippen LogP contribution in [0.5, 0.6) is 0 Å². The van der Waals surface area contributed by atoms with Gasteiger partial charge >= 0.3 is 0 Å². The number of rotatable bonds is 1. The highest BCUT2D eigenvalue weighted by atomic mass is 16.1. The van der Waals surface area contributed by atoms with Crippen molar-refractivity contribution in [1.82, 2.24) is 10.2 Å². The average Bonchev–Trinajstić information content (AvgIpc) is 2.15. The van der Waals surface area contributed by atoms with E-state index in [-0.39, 0.29) is 0 Å². The Morgan fingerprint density at radius 1 is 1.56 bits per heavy atom. The Kier molecular flexibility index (Phi) is 1.34. The van der Waals surface area contributed by atoms with E-state index in [1.54, 1.807) is 0 Å². The van der Waals surface area contributed by atoms with Crippen molar-refractivity contribution in [3.05, 3.63) is 17.0 Å². The monoisotopic (exact) mass is 124 g/mol. The summed E-state index contributed by atoms with van der Waals surface area (Å²) in [6.45, 7) is 3.75. The van der Waals surface area contributed by atoms with Crippen LogP contribution in [0.1, 0.15) is 21.7 Å². The Labute approximate surface area is 53.1 Å². The third-order valence-electron chi connectivity index (χ3n) is 1.40. The molecule has 0 aliphatic carbocycles. The molecule has 0 aromatic carbocycles. The number of aromatic amines is 1. The van der Waals surface area contributed by atoms with Crippen molar-refractivity contribution in [2.75, 3.05) is 0 Å². The fraction of sp³-hybridized carbons (Fsp3) is 0.333. The second kappa shape index (κ2) is 2.01. The van der Waals surface area contributed by atoms with Gasteiger partial charge in [-0.2, -0.15) is 5.10 Å². The van der Waals surface area contributed by atoms with Gasteiger partial charge in [-0.25, -0.2) is 0 Å². The second-order valence-electron chi connectivity index (χ2n) is 1.98. The van der Waals surface area contributed by atoms with Crippen LogP contribution >= 0.6 is 0 Å². The van der Waals surface area contributed by atoms with Crippen LogP contribution in [0.25, 0.3) is 0 Å². The van der Waals surface area contributed by atoms with Gasteiger partial charge in [0.05, 0.1) is 0 Å². The minimum Gasteiger partial charge on any atom is -0.296 e. The van der Waals surface area contributed by atoms with Crippen molar-refractivity contribution < 1.29 is 4.79 Å². The number of hydrogen-bond acceptors (Lipinski definition) is 2. The lowest BCUT2D eigenvalue weighted by molar-refractivity contribution is 0.111. The molecule has 0 aliphatic rings. The number of H-pyrrole nitrogens is 1. The van der Waals surface area contributed by atoms with Crippen molar-refractivity contribution in [3.63, 3.8) is 0 Å². The number of hydrogen-bond donors (Lipinski definition) is 1. The lowest BCUT2D eigenvalue weighted by Gasteiger charge is -1.83. The molecule has 0 saturated heterocycles. The van der Waals surface area contributed by atoms with Gasteiger partial charge in [0, 0.05) is 11.3 Å². The molecular formula is C6H8N2O. The van der Waals surface area contributed by atoms with Gasteiger partial charge in [-0.05, 0) is 13.8 Å². The third-order valence-corrected chi connectivity index (χ3v) is 1.40. The van der Waals surface area contributed by atoms with Gasteiger partial charge in [-0.3, -0.25) is 9.89 Å². The summed E-state index contributed by atoms with van der Waals surface area (Å²) in [4.78, 5) is 10.2. The van der Waals surface area contributed by atoms with Crippen LogP contribution in [0.3, 0.4) is 0 Å². The van der Waals surface area contributed by atoms with Crippen molar-refractivity contribution in [3.8, 4) is 0 Å². The number of carbonyl (C=O) groups is 1. The van der Waals surface area contributed by atoms with Crippen LogP contribution in [0, 0.1) is 13.8 Å². The lowest BCUT2D eigenvalue weighted by Crippen LogP contribution is -1.81. The van der Waals surface area contributed by atoms with Gasteiger partial charge in [-0.15, -0.1) is 0 Å². The molecular weight excluding hydrogens is 116 g/mol. The molecule has 1 aromatic heterocycles. The number of aryl methyl sites for hydroxylation is 1. The molecule has 48 valence electrons. The number of nitrogens with zero attached hydrogens (tertiary/aromatic N) is 1. The van der Waals surface area contributed by atoms with E-state index in [0.29, 0.717) is 5.69 Å². The lowest BCUT2D eigenvalue weighted by atomic mass is 10.2. The Bertz CT molecular complexity index is 227. The molecule has 9 heavy (non-hydrogen) atoms. The Morgan fingerprint density at radius 3 is 2.44 bits per heavy atom. The summed E-state index contributed by atoms with van der Waals surface area (Å²) in [6, 6.07) is 0. The maximum atomic E-state index is 10.2. The summed E-state index contributed by atoms with van der Waals surface area (Å²) in [5, 5.41) is 6.45. The van der Waals surface area contributed by atoms with E-state index in [1.165, 1.54) is 0 Å². The summed E-state index contributed by atoms with van der Waals surface area (Å²) >= 11 is 0. The maximum absolute atomic E-state index is 10.2. The molecule has 0 unspecified atom stereocenters. The van der Waals surface area contributed by atoms with Crippen molar-refractivity contribution in [2.45, 2.75) is 13.8 Å². The van der Waals surface area contributed by atoms with Crippen molar-refractivity contribution in [2.24, 2.45) is 0 Å². The first-order chi connectivity index (χ1) is 4.25. The van der Waals surface area contributed by atoms with Crippen LogP contribution in [-0.2, 0) is 0 Å². The molecule has 0 spiro atoms. The van der Waals surface area contributed by atoms with E-state index in [2.05, 4.69) is 10.2 Å². The molecule has 3 heteroatoms. The first kappa shape index (κ1) is 6.01. The van der Waals surface area contributed by atoms with Crippen LogP contribution in [0.4, 0.5) is 0 Å². The van der Waals surface area contributed by atoms with Crippen LogP contribution in [0.2, 0.25) is 0 Å². The summed E-state index contributed by atoms with van der Waals surface area (Å²) < 4.78 is 0. The predicted octanol–water partition coefficient (Wildman–Crippen LogP) is 0.839. The molecule has 1 N–H and O–H groups in total. The van der Waals surface area contributed by atoms with E-state index in [4.69, 9.17) is 0 Å². The Balaban J connectivity index is 3.18. The first-order valence-corrected chi connectivity index (χ1v) is 2.72. The maximum Gasteiger partial charge on any atom is 0.170 e. The minimum atomic E-state index is 0.507. The van der Waals surface area contributed by atoms with Gasteiger partial charge in [0.25, 0.3) is 0 Å². The largest absolute Gasteiger partial charge is 0.296 e. The molecule has 1 rings (SSSR count). The number of nitrogens with one attached hydrogen (secondary N) is 1. The van der Waals surface area contributed by atoms with Crippen LogP contribution < -0.4 is 0 Å². The van der Waals surface area contributed by atoms with Gasteiger partial charge in [0.2, 0.25) is 0 Å². The zero-order valence-corrected chi connectivity index (χ0v) is 5.43. The molecule has 3 nitrogen and oxygen atoms in total. The average molecular weight is 124 g/mol. The standard InChI is InChI=1S/C6H8N2O/c1-4-5(2)7-8-6(4)3-9/h3H,1-2H3,(H,7,8). The van der Waals surface area contributed by atoms with Gasteiger partial charge in [0.1, 0.15) is 5.69 Å². The van der Waals surface area contributed by atoms with E-state index in [1.807, 2.05) is 13.8 Å². The molecule has 0 radical (unpaired) electrons. The van der Waals surface area contributed by atoms with E-state index >= 15 is 0 Å². The second-order valence-corrected chi connectivity index (χ2v) is 1.98. The molecule has 0 bridgehead atoms. The van der Waals surface area contributed by atoms with Gasteiger partial charge in [0.15, 0.2) is 6.29 Å². The molecule has 0 aliphatic heterocycles. The number of carbonyl (C=O) groups excluding carboxylic acids is 1. The summed E-state index contributed by atoms with van der Waals surface area (Å²) in [5.41, 5.74) is 2.40. The molecule has 0 fully saturated rings. The highest BCUT2D eigenvalue weighted by Crippen LogP contribution is 2.04. The van der Waals surface area contributed by atoms with E-state index < -0.39 is 0 Å². The van der Waals surface area contributed by atoms with Crippen LogP contribution in [-0.4, -0.2) is 16.5 Å². The summed E-state index contributed by atoms with van der Waals surface area (Å²) in [5.74, 6) is 0. The van der Waals surface area contributed by atoms with E-state index in [0.717, 1.165) is 17.5 Å². The fourth-order valence-corrected chi connectivity index (χ4v) is 0.619. The van der Waals surface area contributed by atoms with Gasteiger partial charge < -0.3 is 0 Å². The third kappa shape index (κ3) is 0.850. The summed E-state index contributed by atoms with van der Waals surface area (Å²) in [6.07, 6.45) is 0.749. The van der Waals surface area contributed by atoms with Crippen molar-refractivity contribution in [1.29, 1.82) is 0 Å². The molecule has 0 amide bonds. The normalized spacial score (nSPS) is 9.56. The topological polar surface area (TPSA) is 45.8 Å². The zero-order chi connectivity index (χ0) is 6.85. The number of aromatic nitrogens is 2. The van der Waals surface area contributed by atoms with Crippen LogP contribution in [0.15, 0.2) is 0 Å². The predicted molar refractivity (Wildman–Crippen MR) is 33.4 cm³/mol. The Morgan fingerprint density at radius 2 is 2.22 bits per heavy atom. The minimum absolute atomic E-state index is 0.507. The zero-order valence-electron chi connectivity index (χ0n) is 5.43. The fourth-order valence-electron chi connectivity index (χ4n) is 0.619. The Hall–Kier alpha value is -1.12. The highest BCUT2D eigenvalue weighted by Gasteiger charge is 2.01. The van der Waals surface area contributed by atoms with Gasteiger partial charge in [-0.1, -0.05) is 0 Å². The smallest absolute Gasteiger partial charge is 0.170 e. The first-order valence-electron chi connectivity index (χ1n) is 2.72. The quantitative estimate of drug-likeness (QED) is 0.564. The summed E-state index contributed by atoms with van der Waals surface area (Å²) in [7, 11) is 0. The number of aldehydes is 1. The molecule has 1 aromatic rings.